The lowest BCUT2D eigenvalue weighted by atomic mass is 10.3. The van der Waals surface area contributed by atoms with E-state index in [4.69, 9.17) is 4.74 Å². The first-order valence-electron chi connectivity index (χ1n) is 4.02. The third-order valence-electron chi connectivity index (χ3n) is 1.25. The van der Waals surface area contributed by atoms with Gasteiger partial charge in [0.05, 0.1) is 6.61 Å². The number of halogens is 1. The fraction of sp³-hybridized carbons (Fsp3) is 0.875. The first-order chi connectivity index (χ1) is 5.31. The molecule has 0 aliphatic carbocycles. The predicted octanol–water partition coefficient (Wildman–Crippen LogP) is 2.50. The molecule has 0 bridgehead atoms. The van der Waals surface area contributed by atoms with Crippen molar-refractivity contribution in [3.8, 4) is 0 Å². The summed E-state index contributed by atoms with van der Waals surface area (Å²) in [4.78, 5) is 10.8. The van der Waals surface area contributed by atoms with Crippen LogP contribution in [0.15, 0.2) is 0 Å². The van der Waals surface area contributed by atoms with Crippen LogP contribution in [0.3, 0.4) is 0 Å². The van der Waals surface area contributed by atoms with E-state index in [9.17, 15) is 4.79 Å². The average molecular weight is 223 g/mol. The van der Waals surface area contributed by atoms with Crippen LogP contribution in [0.5, 0.6) is 0 Å². The fourth-order valence-electron chi connectivity index (χ4n) is 0.659. The lowest BCUT2D eigenvalue weighted by Crippen LogP contribution is -2.04. The molecule has 11 heavy (non-hydrogen) atoms. The Kier molecular flexibility index (Phi) is 8.01. The van der Waals surface area contributed by atoms with Gasteiger partial charge in [-0.25, -0.2) is 0 Å². The Bertz CT molecular complexity index is 104. The Balaban J connectivity index is 3.04. The molecule has 0 aromatic heterocycles. The van der Waals surface area contributed by atoms with Gasteiger partial charge >= 0.3 is 5.97 Å². The van der Waals surface area contributed by atoms with Crippen LogP contribution in [0.1, 0.15) is 32.6 Å². The zero-order valence-corrected chi connectivity index (χ0v) is 8.52. The minimum absolute atomic E-state index is 0.0675. The monoisotopic (exact) mass is 222 g/mol. The van der Waals surface area contributed by atoms with Gasteiger partial charge in [-0.3, -0.25) is 4.79 Å². The van der Waals surface area contributed by atoms with E-state index in [1.165, 1.54) is 0 Å². The van der Waals surface area contributed by atoms with E-state index in [1.807, 2.05) is 6.92 Å². The first-order valence-corrected chi connectivity index (χ1v) is 5.15. The molecule has 0 heterocycles. The largest absolute Gasteiger partial charge is 0.466 e. The van der Waals surface area contributed by atoms with Crippen LogP contribution in [-0.4, -0.2) is 17.9 Å². The van der Waals surface area contributed by atoms with Gasteiger partial charge in [0.1, 0.15) is 0 Å². The van der Waals surface area contributed by atoms with E-state index < -0.39 is 0 Å². The van der Waals surface area contributed by atoms with Gasteiger partial charge in [-0.2, -0.15) is 0 Å². The van der Waals surface area contributed by atoms with Gasteiger partial charge in [0.15, 0.2) is 0 Å². The SMILES string of the molecule is CCCC(=O)OCCCCBr. The lowest BCUT2D eigenvalue weighted by molar-refractivity contribution is -0.143. The molecule has 0 aliphatic heterocycles. The van der Waals surface area contributed by atoms with Crippen molar-refractivity contribution in [2.45, 2.75) is 32.6 Å². The summed E-state index contributed by atoms with van der Waals surface area (Å²) in [6.45, 7) is 2.55. The summed E-state index contributed by atoms with van der Waals surface area (Å²) in [5.41, 5.74) is 0. The quantitative estimate of drug-likeness (QED) is 0.393. The second-order valence-corrected chi connectivity index (χ2v) is 3.16. The third-order valence-corrected chi connectivity index (χ3v) is 1.81. The molecule has 0 aliphatic rings. The third kappa shape index (κ3) is 7.85. The van der Waals surface area contributed by atoms with Crippen molar-refractivity contribution in [2.24, 2.45) is 0 Å². The molecule has 0 amide bonds. The average Bonchev–Trinajstić information content (AvgIpc) is 1.99. The number of carbonyl (C=O) groups is 1. The molecule has 0 atom stereocenters. The highest BCUT2D eigenvalue weighted by atomic mass is 79.9. The van der Waals surface area contributed by atoms with Crippen molar-refractivity contribution < 1.29 is 9.53 Å². The highest BCUT2D eigenvalue weighted by molar-refractivity contribution is 9.09. The summed E-state index contributed by atoms with van der Waals surface area (Å²) < 4.78 is 4.92. The summed E-state index contributed by atoms with van der Waals surface area (Å²) in [5.74, 6) is -0.0675. The highest BCUT2D eigenvalue weighted by Gasteiger charge is 1.98. The molecule has 0 unspecified atom stereocenters. The molecular formula is C8H15BrO2. The van der Waals surface area contributed by atoms with Crippen LogP contribution >= 0.6 is 15.9 Å². The van der Waals surface area contributed by atoms with E-state index in [2.05, 4.69) is 15.9 Å². The maximum Gasteiger partial charge on any atom is 0.305 e. The van der Waals surface area contributed by atoms with Gasteiger partial charge in [0.2, 0.25) is 0 Å². The number of ether oxygens (including phenoxy) is 1. The molecule has 66 valence electrons. The van der Waals surface area contributed by atoms with Crippen LogP contribution in [0.4, 0.5) is 0 Å². The maximum absolute atomic E-state index is 10.8. The Morgan fingerprint density at radius 3 is 2.73 bits per heavy atom. The lowest BCUT2D eigenvalue weighted by Gasteiger charge is -2.01. The smallest absolute Gasteiger partial charge is 0.305 e. The summed E-state index contributed by atoms with van der Waals surface area (Å²) in [5, 5.41) is 0.984. The van der Waals surface area contributed by atoms with E-state index in [1.54, 1.807) is 0 Å². The summed E-state index contributed by atoms with van der Waals surface area (Å²) in [6, 6.07) is 0. The molecule has 0 radical (unpaired) electrons. The molecule has 2 nitrogen and oxygen atoms in total. The van der Waals surface area contributed by atoms with Crippen LogP contribution in [0.2, 0.25) is 0 Å². The van der Waals surface area contributed by atoms with Crippen molar-refractivity contribution in [1.29, 1.82) is 0 Å². The van der Waals surface area contributed by atoms with Crippen molar-refractivity contribution in [2.75, 3.05) is 11.9 Å². The summed E-state index contributed by atoms with van der Waals surface area (Å²) in [7, 11) is 0. The van der Waals surface area contributed by atoms with Gasteiger partial charge in [-0.05, 0) is 19.3 Å². The van der Waals surface area contributed by atoms with Crippen molar-refractivity contribution in [1.82, 2.24) is 0 Å². The fourth-order valence-corrected chi connectivity index (χ4v) is 1.06. The number of alkyl halides is 1. The molecule has 0 aromatic rings. The molecule has 0 saturated heterocycles. The Hall–Kier alpha value is -0.0500. The Morgan fingerprint density at radius 2 is 2.18 bits per heavy atom. The Labute approximate surface area is 76.4 Å². The number of esters is 1. The van der Waals surface area contributed by atoms with Crippen molar-refractivity contribution >= 4 is 21.9 Å². The number of carbonyl (C=O) groups excluding carboxylic acids is 1. The molecular weight excluding hydrogens is 208 g/mol. The van der Waals surface area contributed by atoms with Gasteiger partial charge in [0, 0.05) is 11.8 Å². The van der Waals surface area contributed by atoms with E-state index in [-0.39, 0.29) is 5.97 Å². The van der Waals surface area contributed by atoms with Crippen LogP contribution in [0.25, 0.3) is 0 Å². The van der Waals surface area contributed by atoms with Gasteiger partial charge < -0.3 is 4.74 Å². The van der Waals surface area contributed by atoms with Crippen LogP contribution in [0, 0.1) is 0 Å². The Morgan fingerprint density at radius 1 is 1.45 bits per heavy atom. The van der Waals surface area contributed by atoms with E-state index in [0.29, 0.717) is 13.0 Å². The maximum atomic E-state index is 10.8. The molecule has 0 N–H and O–H groups in total. The van der Waals surface area contributed by atoms with Crippen LogP contribution < -0.4 is 0 Å². The standard InChI is InChI=1S/C8H15BrO2/c1-2-5-8(10)11-7-4-3-6-9/h2-7H2,1H3. The molecule has 0 aromatic carbocycles. The summed E-state index contributed by atoms with van der Waals surface area (Å²) >= 11 is 3.31. The first kappa shape index (κ1) is 11.0. The zero-order chi connectivity index (χ0) is 8.53. The minimum atomic E-state index is -0.0675. The van der Waals surface area contributed by atoms with Crippen molar-refractivity contribution in [3.05, 3.63) is 0 Å². The van der Waals surface area contributed by atoms with E-state index >= 15 is 0 Å². The minimum Gasteiger partial charge on any atom is -0.466 e. The molecule has 0 saturated carbocycles. The van der Waals surface area contributed by atoms with E-state index in [0.717, 1.165) is 24.6 Å². The molecule has 0 spiro atoms. The molecule has 0 rings (SSSR count). The van der Waals surface area contributed by atoms with Crippen molar-refractivity contribution in [3.63, 3.8) is 0 Å². The zero-order valence-electron chi connectivity index (χ0n) is 6.94. The number of unbranched alkanes of at least 4 members (excludes halogenated alkanes) is 1. The van der Waals surface area contributed by atoms with Gasteiger partial charge in [0.25, 0.3) is 0 Å². The topological polar surface area (TPSA) is 26.3 Å². The summed E-state index contributed by atoms with van der Waals surface area (Å²) in [6.07, 6.45) is 3.45. The second kappa shape index (κ2) is 8.05. The molecule has 0 fully saturated rings. The number of rotatable bonds is 6. The number of hydrogen-bond donors (Lipinski definition) is 0. The highest BCUT2D eigenvalue weighted by Crippen LogP contribution is 1.96. The van der Waals surface area contributed by atoms with Gasteiger partial charge in [-0.15, -0.1) is 0 Å². The molecule has 3 heteroatoms. The predicted molar refractivity (Wildman–Crippen MR) is 48.9 cm³/mol. The number of hydrogen-bond acceptors (Lipinski definition) is 2. The second-order valence-electron chi connectivity index (χ2n) is 2.37. The van der Waals surface area contributed by atoms with Gasteiger partial charge in [-0.1, -0.05) is 22.9 Å². The van der Waals surface area contributed by atoms with Crippen LogP contribution in [-0.2, 0) is 9.53 Å². The normalized spacial score (nSPS) is 9.64.